The van der Waals surface area contributed by atoms with Crippen molar-refractivity contribution in [3.05, 3.63) is 23.8 Å². The number of hydrogen-bond donors (Lipinski definition) is 3. The Morgan fingerprint density at radius 2 is 1.82 bits per heavy atom. The minimum atomic E-state index is -0.227. The van der Waals surface area contributed by atoms with Crippen LogP contribution >= 0.6 is 0 Å². The number of anilines is 2. The lowest BCUT2D eigenvalue weighted by atomic mass is 10.1. The van der Waals surface area contributed by atoms with Crippen molar-refractivity contribution in [1.29, 1.82) is 0 Å². The van der Waals surface area contributed by atoms with E-state index in [0.717, 1.165) is 24.1 Å². The topological polar surface area (TPSA) is 70.2 Å². The predicted molar refractivity (Wildman–Crippen MR) is 89.0 cm³/mol. The number of urea groups is 1. The molecule has 5 nitrogen and oxygen atoms in total. The summed E-state index contributed by atoms with van der Waals surface area (Å²) >= 11 is 0. The molecular weight excluding hydrogens is 278 g/mol. The molecular formula is C17H25N3O2. The highest BCUT2D eigenvalue weighted by atomic mass is 16.2. The second-order valence-corrected chi connectivity index (χ2v) is 6.42. The van der Waals surface area contributed by atoms with Crippen LogP contribution in [0.15, 0.2) is 18.2 Å². The van der Waals surface area contributed by atoms with Gasteiger partial charge in [0.15, 0.2) is 0 Å². The summed E-state index contributed by atoms with van der Waals surface area (Å²) in [6.07, 6.45) is 1.94. The molecule has 1 aromatic rings. The van der Waals surface area contributed by atoms with Gasteiger partial charge >= 0.3 is 6.03 Å². The van der Waals surface area contributed by atoms with E-state index in [-0.39, 0.29) is 23.9 Å². The van der Waals surface area contributed by atoms with Gasteiger partial charge in [-0.05, 0) is 50.3 Å². The lowest BCUT2D eigenvalue weighted by Crippen LogP contribution is -2.39. The van der Waals surface area contributed by atoms with Gasteiger partial charge in [-0.15, -0.1) is 0 Å². The molecule has 0 radical (unpaired) electrons. The van der Waals surface area contributed by atoms with E-state index in [1.807, 2.05) is 26.0 Å². The molecule has 22 heavy (non-hydrogen) atoms. The van der Waals surface area contributed by atoms with Crippen molar-refractivity contribution in [2.75, 3.05) is 10.6 Å². The first-order valence-corrected chi connectivity index (χ1v) is 7.86. The van der Waals surface area contributed by atoms with Gasteiger partial charge in [0.2, 0.25) is 5.91 Å². The zero-order chi connectivity index (χ0) is 16.3. The van der Waals surface area contributed by atoms with Crippen LogP contribution in [0.1, 0.15) is 39.2 Å². The second-order valence-electron chi connectivity index (χ2n) is 6.42. The molecule has 1 fully saturated rings. The van der Waals surface area contributed by atoms with E-state index in [0.29, 0.717) is 11.6 Å². The molecule has 1 atom stereocenters. The van der Waals surface area contributed by atoms with Crippen molar-refractivity contribution in [2.45, 2.75) is 46.6 Å². The van der Waals surface area contributed by atoms with Crippen LogP contribution in [0.4, 0.5) is 16.2 Å². The third-order valence-corrected chi connectivity index (χ3v) is 4.06. The van der Waals surface area contributed by atoms with Crippen LogP contribution in [0.3, 0.4) is 0 Å². The van der Waals surface area contributed by atoms with E-state index in [1.54, 1.807) is 6.07 Å². The molecule has 3 N–H and O–H groups in total. The molecule has 2 rings (SSSR count). The summed E-state index contributed by atoms with van der Waals surface area (Å²) in [5.41, 5.74) is 2.38. The Labute approximate surface area is 131 Å². The normalized spacial score (nSPS) is 15.3. The highest BCUT2D eigenvalue weighted by Crippen LogP contribution is 2.30. The maximum Gasteiger partial charge on any atom is 0.319 e. The van der Waals surface area contributed by atoms with Crippen molar-refractivity contribution in [1.82, 2.24) is 5.32 Å². The third-order valence-electron chi connectivity index (χ3n) is 4.06. The minimum absolute atomic E-state index is 0.0627. The highest BCUT2D eigenvalue weighted by Gasteiger charge is 2.29. The van der Waals surface area contributed by atoms with Gasteiger partial charge in [0, 0.05) is 23.3 Å². The zero-order valence-corrected chi connectivity index (χ0v) is 13.7. The van der Waals surface area contributed by atoms with E-state index in [9.17, 15) is 9.59 Å². The van der Waals surface area contributed by atoms with E-state index in [4.69, 9.17) is 0 Å². The molecule has 1 saturated carbocycles. The van der Waals surface area contributed by atoms with Crippen molar-refractivity contribution < 1.29 is 9.59 Å². The highest BCUT2D eigenvalue weighted by molar-refractivity contribution is 5.96. The Bertz CT molecular complexity index is 565. The maximum atomic E-state index is 12.0. The first-order chi connectivity index (χ1) is 10.4. The minimum Gasteiger partial charge on any atom is -0.335 e. The van der Waals surface area contributed by atoms with E-state index in [1.165, 1.54) is 0 Å². The van der Waals surface area contributed by atoms with E-state index >= 15 is 0 Å². The van der Waals surface area contributed by atoms with Crippen LogP contribution in [0.5, 0.6) is 0 Å². The first kappa shape index (κ1) is 16.3. The second kappa shape index (κ2) is 6.81. The SMILES string of the molecule is Cc1ccc(NC(=O)C2CC2)cc1NC(=O)N[C@H](C)C(C)C. The molecule has 5 heteroatoms. The summed E-state index contributed by atoms with van der Waals surface area (Å²) < 4.78 is 0. The molecule has 0 bridgehead atoms. The fraction of sp³-hybridized carbons (Fsp3) is 0.529. The largest absolute Gasteiger partial charge is 0.335 e. The van der Waals surface area contributed by atoms with Gasteiger partial charge in [0.05, 0.1) is 0 Å². The summed E-state index contributed by atoms with van der Waals surface area (Å²) in [7, 11) is 0. The molecule has 120 valence electrons. The molecule has 0 aromatic heterocycles. The number of carbonyl (C=O) groups is 2. The maximum absolute atomic E-state index is 12.0. The molecule has 0 aliphatic heterocycles. The summed E-state index contributed by atoms with van der Waals surface area (Å²) in [6.45, 7) is 8.02. The Morgan fingerprint density at radius 3 is 2.41 bits per heavy atom. The Balaban J connectivity index is 2.00. The van der Waals surface area contributed by atoms with E-state index < -0.39 is 0 Å². The lowest BCUT2D eigenvalue weighted by Gasteiger charge is -2.18. The van der Waals surface area contributed by atoms with E-state index in [2.05, 4.69) is 29.8 Å². The summed E-state index contributed by atoms with van der Waals surface area (Å²) in [4.78, 5) is 23.8. The van der Waals surface area contributed by atoms with Crippen molar-refractivity contribution in [3.63, 3.8) is 0 Å². The molecule has 1 aliphatic rings. The smallest absolute Gasteiger partial charge is 0.319 e. The molecule has 3 amide bonds. The van der Waals surface area contributed by atoms with Gasteiger partial charge < -0.3 is 16.0 Å². The molecule has 1 aromatic carbocycles. The van der Waals surface area contributed by atoms with Crippen LogP contribution in [0.25, 0.3) is 0 Å². The van der Waals surface area contributed by atoms with Crippen LogP contribution in [-0.2, 0) is 4.79 Å². The standard InChI is InChI=1S/C17H25N3O2/c1-10(2)12(4)18-17(22)20-15-9-14(8-5-11(15)3)19-16(21)13-6-7-13/h5,8-10,12-13H,6-7H2,1-4H3,(H,19,21)(H2,18,20,22)/t12-/m1/s1. The number of carbonyl (C=O) groups excluding carboxylic acids is 2. The lowest BCUT2D eigenvalue weighted by molar-refractivity contribution is -0.117. The molecule has 0 saturated heterocycles. The first-order valence-electron chi connectivity index (χ1n) is 7.86. The average molecular weight is 303 g/mol. The predicted octanol–water partition coefficient (Wildman–Crippen LogP) is 3.51. The van der Waals surface area contributed by atoms with Crippen LogP contribution in [0, 0.1) is 18.8 Å². The third kappa shape index (κ3) is 4.48. The number of nitrogens with one attached hydrogen (secondary N) is 3. The molecule has 0 spiro atoms. The average Bonchev–Trinajstić information content (AvgIpc) is 3.26. The van der Waals surface area contributed by atoms with Gasteiger partial charge in [-0.1, -0.05) is 19.9 Å². The van der Waals surface area contributed by atoms with Crippen LogP contribution in [-0.4, -0.2) is 18.0 Å². The summed E-state index contributed by atoms with van der Waals surface area (Å²) in [5, 5.41) is 8.65. The number of rotatable bonds is 5. The van der Waals surface area contributed by atoms with Gasteiger partial charge in [0.25, 0.3) is 0 Å². The fourth-order valence-corrected chi connectivity index (χ4v) is 1.96. The van der Waals surface area contributed by atoms with Gasteiger partial charge in [-0.2, -0.15) is 0 Å². The van der Waals surface area contributed by atoms with Crippen LogP contribution in [0.2, 0.25) is 0 Å². The summed E-state index contributed by atoms with van der Waals surface area (Å²) in [5.74, 6) is 0.594. The van der Waals surface area contributed by atoms with Crippen molar-refractivity contribution >= 4 is 23.3 Å². The van der Waals surface area contributed by atoms with Crippen LogP contribution < -0.4 is 16.0 Å². The van der Waals surface area contributed by atoms with Gasteiger partial charge in [-0.25, -0.2) is 4.79 Å². The number of hydrogen-bond acceptors (Lipinski definition) is 2. The number of benzene rings is 1. The zero-order valence-electron chi connectivity index (χ0n) is 13.7. The molecule has 1 aliphatic carbocycles. The quantitative estimate of drug-likeness (QED) is 0.779. The Kier molecular flexibility index (Phi) is 5.06. The number of amides is 3. The van der Waals surface area contributed by atoms with Gasteiger partial charge in [-0.3, -0.25) is 4.79 Å². The number of aryl methyl sites for hydroxylation is 1. The Morgan fingerprint density at radius 1 is 1.14 bits per heavy atom. The Hall–Kier alpha value is -2.04. The van der Waals surface area contributed by atoms with Crippen molar-refractivity contribution in [3.8, 4) is 0 Å². The van der Waals surface area contributed by atoms with Gasteiger partial charge in [0.1, 0.15) is 0 Å². The molecule has 0 unspecified atom stereocenters. The monoisotopic (exact) mass is 303 g/mol. The summed E-state index contributed by atoms with van der Waals surface area (Å²) in [6, 6.07) is 5.42. The molecule has 0 heterocycles. The van der Waals surface area contributed by atoms with Crippen molar-refractivity contribution in [2.24, 2.45) is 11.8 Å². The fourth-order valence-electron chi connectivity index (χ4n) is 1.96.